The van der Waals surface area contributed by atoms with Crippen LogP contribution in [0.15, 0.2) is 28.9 Å². The molecule has 1 atom stereocenters. The van der Waals surface area contributed by atoms with E-state index in [4.69, 9.17) is 9.52 Å². The summed E-state index contributed by atoms with van der Waals surface area (Å²) in [5.41, 5.74) is 0. The average molecular weight is 292 g/mol. The van der Waals surface area contributed by atoms with Crippen molar-refractivity contribution < 1.29 is 19.1 Å². The topological polar surface area (TPSA) is 74.0 Å². The van der Waals surface area contributed by atoms with Gasteiger partial charge in [0.25, 0.3) is 0 Å². The van der Waals surface area contributed by atoms with Crippen LogP contribution in [0, 0.1) is 5.92 Å². The van der Waals surface area contributed by atoms with Crippen molar-refractivity contribution in [3.05, 3.63) is 30.2 Å². The molecule has 21 heavy (non-hydrogen) atoms. The second kappa shape index (κ2) is 7.08. The number of nitrogens with zero attached hydrogens (tertiary/aromatic N) is 2. The van der Waals surface area contributed by atoms with Gasteiger partial charge in [0, 0.05) is 38.8 Å². The molecule has 0 aliphatic carbocycles. The van der Waals surface area contributed by atoms with Crippen LogP contribution in [0.1, 0.15) is 12.7 Å². The summed E-state index contributed by atoms with van der Waals surface area (Å²) in [4.78, 5) is 26.7. The zero-order valence-electron chi connectivity index (χ0n) is 12.1. The Morgan fingerprint density at radius 2 is 2.10 bits per heavy atom. The summed E-state index contributed by atoms with van der Waals surface area (Å²) >= 11 is 0. The van der Waals surface area contributed by atoms with Gasteiger partial charge in [0.2, 0.25) is 5.91 Å². The Balaban J connectivity index is 1.78. The minimum absolute atomic E-state index is 0.0441. The van der Waals surface area contributed by atoms with Crippen molar-refractivity contribution >= 4 is 18.0 Å². The minimum Gasteiger partial charge on any atom is -0.481 e. The van der Waals surface area contributed by atoms with Crippen LogP contribution in [0.25, 0.3) is 6.08 Å². The first-order chi connectivity index (χ1) is 10.1. The van der Waals surface area contributed by atoms with Gasteiger partial charge in [0.15, 0.2) is 0 Å². The fraction of sp³-hybridized carbons (Fsp3) is 0.467. The highest BCUT2D eigenvalue weighted by molar-refractivity contribution is 5.91. The number of amides is 1. The number of carbonyl (C=O) groups is 2. The van der Waals surface area contributed by atoms with Gasteiger partial charge in [-0.2, -0.15) is 0 Å². The molecule has 1 aliphatic rings. The Hall–Kier alpha value is -2.08. The molecule has 1 aromatic rings. The molecule has 1 aromatic heterocycles. The van der Waals surface area contributed by atoms with E-state index in [0.717, 1.165) is 0 Å². The van der Waals surface area contributed by atoms with Crippen molar-refractivity contribution in [1.82, 2.24) is 9.80 Å². The Morgan fingerprint density at radius 1 is 1.38 bits per heavy atom. The first-order valence-corrected chi connectivity index (χ1v) is 7.02. The molecule has 114 valence electrons. The fourth-order valence-corrected chi connectivity index (χ4v) is 2.26. The molecule has 0 radical (unpaired) electrons. The highest BCUT2D eigenvalue weighted by Crippen LogP contribution is 2.08. The van der Waals surface area contributed by atoms with E-state index in [-0.39, 0.29) is 11.8 Å². The maximum absolute atomic E-state index is 12.0. The van der Waals surface area contributed by atoms with Gasteiger partial charge >= 0.3 is 5.97 Å². The van der Waals surface area contributed by atoms with Gasteiger partial charge in [-0.25, -0.2) is 0 Å². The lowest BCUT2D eigenvalue weighted by atomic mass is 10.1. The lowest BCUT2D eigenvalue weighted by Crippen LogP contribution is -2.49. The Kier molecular flexibility index (Phi) is 5.16. The monoisotopic (exact) mass is 292 g/mol. The minimum atomic E-state index is -0.783. The third-order valence-electron chi connectivity index (χ3n) is 3.57. The maximum Gasteiger partial charge on any atom is 0.307 e. The zero-order valence-corrected chi connectivity index (χ0v) is 12.1. The van der Waals surface area contributed by atoms with Crippen molar-refractivity contribution in [1.29, 1.82) is 0 Å². The number of hydrogen-bond donors (Lipinski definition) is 1. The standard InChI is InChI=1S/C15H20N2O4/c1-12(15(19)20)11-16-6-8-17(9-7-16)14(18)5-4-13-3-2-10-21-13/h2-5,10,12H,6-9,11H2,1H3,(H,19,20)/b5-4+. The van der Waals surface area contributed by atoms with Crippen molar-refractivity contribution in [2.45, 2.75) is 6.92 Å². The van der Waals surface area contributed by atoms with E-state index in [2.05, 4.69) is 4.90 Å². The molecule has 6 heteroatoms. The second-order valence-electron chi connectivity index (χ2n) is 5.21. The van der Waals surface area contributed by atoms with E-state index in [0.29, 0.717) is 38.5 Å². The molecule has 2 heterocycles. The summed E-state index contributed by atoms with van der Waals surface area (Å²) in [5.74, 6) is -0.560. The molecular formula is C15H20N2O4. The molecule has 1 aliphatic heterocycles. The van der Waals surface area contributed by atoms with E-state index in [1.807, 2.05) is 0 Å². The quantitative estimate of drug-likeness (QED) is 0.824. The molecule has 1 N–H and O–H groups in total. The number of carboxylic acid groups (broad SMARTS) is 1. The van der Waals surface area contributed by atoms with Gasteiger partial charge in [-0.1, -0.05) is 6.92 Å². The van der Waals surface area contributed by atoms with Crippen LogP contribution >= 0.6 is 0 Å². The summed E-state index contributed by atoms with van der Waals surface area (Å²) in [6.07, 6.45) is 4.72. The molecule has 2 rings (SSSR count). The van der Waals surface area contributed by atoms with Crippen LogP contribution in [0.5, 0.6) is 0 Å². The Bertz CT molecular complexity index is 502. The van der Waals surface area contributed by atoms with Crippen molar-refractivity contribution in [3.63, 3.8) is 0 Å². The van der Waals surface area contributed by atoms with Gasteiger partial charge in [0.1, 0.15) is 5.76 Å². The molecule has 0 saturated carbocycles. The average Bonchev–Trinajstić information content (AvgIpc) is 2.98. The zero-order chi connectivity index (χ0) is 15.2. The molecular weight excluding hydrogens is 272 g/mol. The predicted molar refractivity (Wildman–Crippen MR) is 77.6 cm³/mol. The largest absolute Gasteiger partial charge is 0.481 e. The first-order valence-electron chi connectivity index (χ1n) is 7.02. The number of rotatable bonds is 5. The van der Waals surface area contributed by atoms with Gasteiger partial charge in [-0.15, -0.1) is 0 Å². The van der Waals surface area contributed by atoms with Gasteiger partial charge in [-0.05, 0) is 18.2 Å². The number of furan rings is 1. The molecule has 1 unspecified atom stereocenters. The number of carbonyl (C=O) groups excluding carboxylic acids is 1. The first kappa shape index (κ1) is 15.3. The molecule has 1 amide bonds. The van der Waals surface area contributed by atoms with Crippen LogP contribution < -0.4 is 0 Å². The Labute approximate surface area is 123 Å². The normalized spacial score (nSPS) is 18.0. The number of carboxylic acids is 1. The van der Waals surface area contributed by atoms with Crippen LogP contribution in [0.3, 0.4) is 0 Å². The van der Waals surface area contributed by atoms with Crippen LogP contribution in [0.4, 0.5) is 0 Å². The molecule has 0 aromatic carbocycles. The molecule has 6 nitrogen and oxygen atoms in total. The molecule has 1 saturated heterocycles. The Morgan fingerprint density at radius 3 is 2.67 bits per heavy atom. The van der Waals surface area contributed by atoms with Crippen molar-refractivity contribution in [2.24, 2.45) is 5.92 Å². The fourth-order valence-electron chi connectivity index (χ4n) is 2.26. The maximum atomic E-state index is 12.0. The third kappa shape index (κ3) is 4.46. The summed E-state index contributed by atoms with van der Waals surface area (Å²) in [6, 6.07) is 3.56. The third-order valence-corrected chi connectivity index (χ3v) is 3.57. The summed E-state index contributed by atoms with van der Waals surface area (Å²) in [5, 5.41) is 8.90. The van der Waals surface area contributed by atoms with Crippen LogP contribution in [-0.4, -0.2) is 59.5 Å². The van der Waals surface area contributed by atoms with E-state index in [1.165, 1.54) is 6.08 Å². The van der Waals surface area contributed by atoms with E-state index < -0.39 is 5.97 Å². The van der Waals surface area contributed by atoms with Crippen molar-refractivity contribution in [2.75, 3.05) is 32.7 Å². The SMILES string of the molecule is CC(CN1CCN(C(=O)/C=C/c2ccco2)CC1)C(=O)O. The molecule has 0 bridgehead atoms. The van der Waals surface area contributed by atoms with Crippen LogP contribution in [0.2, 0.25) is 0 Å². The lowest BCUT2D eigenvalue weighted by Gasteiger charge is -2.34. The van der Waals surface area contributed by atoms with E-state index >= 15 is 0 Å². The van der Waals surface area contributed by atoms with E-state index in [9.17, 15) is 9.59 Å². The molecule has 1 fully saturated rings. The predicted octanol–water partition coefficient (Wildman–Crippen LogP) is 1.16. The lowest BCUT2D eigenvalue weighted by molar-refractivity contribution is -0.142. The van der Waals surface area contributed by atoms with Crippen molar-refractivity contribution in [3.8, 4) is 0 Å². The number of piperazine rings is 1. The number of hydrogen-bond acceptors (Lipinski definition) is 4. The van der Waals surface area contributed by atoms with Crippen LogP contribution in [-0.2, 0) is 9.59 Å². The second-order valence-corrected chi connectivity index (χ2v) is 5.21. The number of aliphatic carboxylic acids is 1. The van der Waals surface area contributed by atoms with E-state index in [1.54, 1.807) is 36.3 Å². The van der Waals surface area contributed by atoms with Gasteiger partial charge < -0.3 is 14.4 Å². The smallest absolute Gasteiger partial charge is 0.307 e. The highest BCUT2D eigenvalue weighted by Gasteiger charge is 2.22. The molecule has 0 spiro atoms. The summed E-state index contributed by atoms with van der Waals surface area (Å²) < 4.78 is 5.13. The van der Waals surface area contributed by atoms with Gasteiger partial charge in [0.05, 0.1) is 12.2 Å². The summed E-state index contributed by atoms with van der Waals surface area (Å²) in [7, 11) is 0. The highest BCUT2D eigenvalue weighted by atomic mass is 16.4. The summed E-state index contributed by atoms with van der Waals surface area (Å²) in [6.45, 7) is 4.88. The van der Waals surface area contributed by atoms with Gasteiger partial charge in [-0.3, -0.25) is 14.5 Å².